The van der Waals surface area contributed by atoms with Crippen molar-refractivity contribution >= 4 is 18.2 Å². The number of carbonyl (C=O) groups is 1. The van der Waals surface area contributed by atoms with E-state index in [1.807, 2.05) is 0 Å². The molecule has 78 valence electrons. The Labute approximate surface area is 89.7 Å². The topological polar surface area (TPSA) is 52.3 Å². The van der Waals surface area contributed by atoms with Gasteiger partial charge in [0.05, 0.1) is 0 Å². The molecule has 0 amide bonds. The Morgan fingerprint density at radius 1 is 1.36 bits per heavy atom. The molecule has 0 aliphatic carbocycles. The third-order valence-corrected chi connectivity index (χ3v) is 1.65. The van der Waals surface area contributed by atoms with Crippen LogP contribution in [0.4, 0.5) is 0 Å². The van der Waals surface area contributed by atoms with Crippen molar-refractivity contribution in [3.8, 4) is 5.75 Å². The molecule has 0 saturated heterocycles. The molecular weight excluding hydrogens is 202 g/mol. The van der Waals surface area contributed by atoms with Crippen LogP contribution in [0.5, 0.6) is 5.75 Å². The molecule has 0 unspecified atom stereocenters. The third kappa shape index (κ3) is 3.77. The van der Waals surface area contributed by atoms with E-state index >= 15 is 0 Å². The smallest absolute Gasteiger partial charge is 0.159 e. The largest absolute Gasteiger partial charge is 0.492 e. The fourth-order valence-corrected chi connectivity index (χ4v) is 0.963. The van der Waals surface area contributed by atoms with Crippen molar-refractivity contribution in [1.29, 1.82) is 0 Å². The van der Waals surface area contributed by atoms with E-state index in [2.05, 4.69) is 0 Å². The lowest BCUT2D eigenvalue weighted by Crippen LogP contribution is -2.10. The molecule has 1 rings (SSSR count). The summed E-state index contributed by atoms with van der Waals surface area (Å²) in [5, 5.41) is 0. The summed E-state index contributed by atoms with van der Waals surface area (Å²) in [6.45, 7) is 2.53. The van der Waals surface area contributed by atoms with Crippen LogP contribution in [0, 0.1) is 0 Å². The standard InChI is InChI=1S/C10H13NO2.ClH/c1-8(12)9-2-4-10(5-3-9)13-7-6-11;/h2-5H,6-7,11H2,1H3;1H. The predicted molar refractivity (Wildman–Crippen MR) is 58.2 cm³/mol. The number of ether oxygens (including phenoxy) is 1. The Morgan fingerprint density at radius 3 is 2.36 bits per heavy atom. The average Bonchev–Trinajstić information content (AvgIpc) is 2.15. The van der Waals surface area contributed by atoms with Crippen molar-refractivity contribution in [1.82, 2.24) is 0 Å². The van der Waals surface area contributed by atoms with Crippen LogP contribution in [-0.2, 0) is 0 Å². The number of rotatable bonds is 4. The van der Waals surface area contributed by atoms with E-state index in [0.29, 0.717) is 18.7 Å². The molecule has 0 aromatic heterocycles. The summed E-state index contributed by atoms with van der Waals surface area (Å²) < 4.78 is 5.25. The second-order valence-corrected chi connectivity index (χ2v) is 2.72. The molecule has 0 bridgehead atoms. The molecule has 3 nitrogen and oxygen atoms in total. The van der Waals surface area contributed by atoms with Gasteiger partial charge in [0, 0.05) is 12.1 Å². The highest BCUT2D eigenvalue weighted by Crippen LogP contribution is 2.11. The quantitative estimate of drug-likeness (QED) is 0.778. The minimum absolute atomic E-state index is 0. The zero-order valence-corrected chi connectivity index (χ0v) is 8.84. The molecule has 0 aliphatic rings. The summed E-state index contributed by atoms with van der Waals surface area (Å²) in [5.41, 5.74) is 5.97. The number of carbonyl (C=O) groups excluding carboxylic acids is 1. The summed E-state index contributed by atoms with van der Waals surface area (Å²) in [4.78, 5) is 10.9. The van der Waals surface area contributed by atoms with Gasteiger partial charge in [-0.15, -0.1) is 12.4 Å². The molecule has 0 spiro atoms. The van der Waals surface area contributed by atoms with Gasteiger partial charge in [-0.3, -0.25) is 4.79 Å². The normalized spacial score (nSPS) is 9.00. The van der Waals surface area contributed by atoms with Crippen LogP contribution in [0.2, 0.25) is 0 Å². The van der Waals surface area contributed by atoms with Gasteiger partial charge < -0.3 is 10.5 Å². The van der Waals surface area contributed by atoms with Crippen molar-refractivity contribution in [2.45, 2.75) is 6.92 Å². The van der Waals surface area contributed by atoms with Crippen molar-refractivity contribution in [3.05, 3.63) is 29.8 Å². The van der Waals surface area contributed by atoms with Gasteiger partial charge in [0.25, 0.3) is 0 Å². The molecule has 1 aromatic carbocycles. The summed E-state index contributed by atoms with van der Waals surface area (Å²) in [7, 11) is 0. The van der Waals surface area contributed by atoms with E-state index in [9.17, 15) is 4.79 Å². The molecule has 0 fully saturated rings. The second kappa shape index (κ2) is 6.40. The minimum atomic E-state index is 0. The second-order valence-electron chi connectivity index (χ2n) is 2.72. The number of Topliss-reactive ketones (excluding diaryl/α,β-unsaturated/α-hetero) is 1. The van der Waals surface area contributed by atoms with E-state index in [-0.39, 0.29) is 18.2 Å². The first-order valence-corrected chi connectivity index (χ1v) is 4.18. The third-order valence-electron chi connectivity index (χ3n) is 1.65. The molecule has 0 radical (unpaired) electrons. The molecular formula is C10H14ClNO2. The molecule has 0 heterocycles. The predicted octanol–water partition coefficient (Wildman–Crippen LogP) is 1.65. The minimum Gasteiger partial charge on any atom is -0.492 e. The molecule has 0 saturated carbocycles. The van der Waals surface area contributed by atoms with Gasteiger partial charge in [-0.2, -0.15) is 0 Å². The van der Waals surface area contributed by atoms with Crippen molar-refractivity contribution < 1.29 is 9.53 Å². The van der Waals surface area contributed by atoms with Gasteiger partial charge >= 0.3 is 0 Å². The van der Waals surface area contributed by atoms with Crippen LogP contribution in [0.25, 0.3) is 0 Å². The first kappa shape index (κ1) is 12.9. The molecule has 1 aromatic rings. The Bertz CT molecular complexity index is 285. The summed E-state index contributed by atoms with van der Waals surface area (Å²) in [6, 6.07) is 7.03. The maximum atomic E-state index is 10.9. The summed E-state index contributed by atoms with van der Waals surface area (Å²) in [5.74, 6) is 0.806. The van der Waals surface area contributed by atoms with Crippen LogP contribution in [-0.4, -0.2) is 18.9 Å². The van der Waals surface area contributed by atoms with E-state index in [1.54, 1.807) is 24.3 Å². The van der Waals surface area contributed by atoms with Gasteiger partial charge in [0.1, 0.15) is 12.4 Å². The van der Waals surface area contributed by atoms with Crippen LogP contribution in [0.3, 0.4) is 0 Å². The first-order chi connectivity index (χ1) is 6.24. The first-order valence-electron chi connectivity index (χ1n) is 4.18. The fourth-order valence-electron chi connectivity index (χ4n) is 0.963. The summed E-state index contributed by atoms with van der Waals surface area (Å²) in [6.07, 6.45) is 0. The van der Waals surface area contributed by atoms with E-state index in [0.717, 1.165) is 5.75 Å². The number of benzene rings is 1. The highest BCUT2D eigenvalue weighted by atomic mass is 35.5. The molecule has 2 N–H and O–H groups in total. The number of halogens is 1. The maximum absolute atomic E-state index is 10.9. The zero-order valence-electron chi connectivity index (χ0n) is 8.03. The van der Waals surface area contributed by atoms with Gasteiger partial charge in [0.15, 0.2) is 5.78 Å². The average molecular weight is 216 g/mol. The zero-order chi connectivity index (χ0) is 9.68. The Kier molecular flexibility index (Phi) is 5.92. The van der Waals surface area contributed by atoms with Crippen LogP contribution in [0.15, 0.2) is 24.3 Å². The van der Waals surface area contributed by atoms with Crippen LogP contribution < -0.4 is 10.5 Å². The maximum Gasteiger partial charge on any atom is 0.159 e. The van der Waals surface area contributed by atoms with Gasteiger partial charge in [-0.05, 0) is 31.2 Å². The molecule has 0 atom stereocenters. The fraction of sp³-hybridized carbons (Fsp3) is 0.300. The highest BCUT2D eigenvalue weighted by Gasteiger charge is 1.98. The number of hydrogen-bond donors (Lipinski definition) is 1. The monoisotopic (exact) mass is 215 g/mol. The van der Waals surface area contributed by atoms with E-state index < -0.39 is 0 Å². The van der Waals surface area contributed by atoms with Crippen molar-refractivity contribution in [2.24, 2.45) is 5.73 Å². The van der Waals surface area contributed by atoms with Gasteiger partial charge in [0.2, 0.25) is 0 Å². The van der Waals surface area contributed by atoms with E-state index in [4.69, 9.17) is 10.5 Å². The van der Waals surface area contributed by atoms with Gasteiger partial charge in [-0.25, -0.2) is 0 Å². The van der Waals surface area contributed by atoms with E-state index in [1.165, 1.54) is 6.92 Å². The Morgan fingerprint density at radius 2 is 1.93 bits per heavy atom. The number of nitrogens with two attached hydrogens (primary N) is 1. The van der Waals surface area contributed by atoms with Crippen LogP contribution in [0.1, 0.15) is 17.3 Å². The van der Waals surface area contributed by atoms with Gasteiger partial charge in [-0.1, -0.05) is 0 Å². The lowest BCUT2D eigenvalue weighted by atomic mass is 10.1. The molecule has 0 aliphatic heterocycles. The van der Waals surface area contributed by atoms with Crippen molar-refractivity contribution in [2.75, 3.05) is 13.2 Å². The lowest BCUT2D eigenvalue weighted by Gasteiger charge is -2.03. The Hall–Kier alpha value is -1.06. The number of hydrogen-bond acceptors (Lipinski definition) is 3. The lowest BCUT2D eigenvalue weighted by molar-refractivity contribution is 0.101. The molecule has 4 heteroatoms. The van der Waals surface area contributed by atoms with Crippen LogP contribution >= 0.6 is 12.4 Å². The number of ketones is 1. The molecule has 14 heavy (non-hydrogen) atoms. The van der Waals surface area contributed by atoms with Crippen molar-refractivity contribution in [3.63, 3.8) is 0 Å². The SMILES string of the molecule is CC(=O)c1ccc(OCCN)cc1.Cl. The summed E-state index contributed by atoms with van der Waals surface area (Å²) >= 11 is 0. The highest BCUT2D eigenvalue weighted by molar-refractivity contribution is 5.94. The Balaban J connectivity index is 0.00000169.